The lowest BCUT2D eigenvalue weighted by Crippen LogP contribution is -2.63. The van der Waals surface area contributed by atoms with E-state index in [4.69, 9.17) is 0 Å². The molecule has 2 saturated heterocycles. The minimum Gasteiger partial charge on any atom is -0.368 e. The van der Waals surface area contributed by atoms with E-state index in [-0.39, 0.29) is 6.03 Å². The molecule has 3 rings (SSSR count). The number of para-hydroxylation sites is 1. The number of nitrogens with one attached hydrogen (secondary N) is 1. The standard InChI is InChI=1S/C17H26N4O/c1-14(2)21-12-15(13-21)18-17(22)20-10-8-19(9-11-20)16-6-4-3-5-7-16/h3-7,14-15H,8-13H2,1-2H3,(H,18,22). The van der Waals surface area contributed by atoms with Gasteiger partial charge in [-0.15, -0.1) is 0 Å². The Morgan fingerprint density at radius 3 is 2.32 bits per heavy atom. The quantitative estimate of drug-likeness (QED) is 0.922. The average molecular weight is 302 g/mol. The number of hydrogen-bond acceptors (Lipinski definition) is 3. The Bertz CT molecular complexity index is 491. The van der Waals surface area contributed by atoms with Crippen LogP contribution < -0.4 is 10.2 Å². The van der Waals surface area contributed by atoms with Gasteiger partial charge in [0.05, 0.1) is 6.04 Å². The number of anilines is 1. The number of amides is 2. The van der Waals surface area contributed by atoms with Crippen LogP contribution in [-0.2, 0) is 0 Å². The molecule has 2 fully saturated rings. The summed E-state index contributed by atoms with van der Waals surface area (Å²) in [7, 11) is 0. The molecule has 1 N–H and O–H groups in total. The summed E-state index contributed by atoms with van der Waals surface area (Å²) in [5.41, 5.74) is 1.24. The van der Waals surface area contributed by atoms with Gasteiger partial charge in [-0.2, -0.15) is 0 Å². The van der Waals surface area contributed by atoms with Crippen molar-refractivity contribution >= 4 is 11.7 Å². The maximum Gasteiger partial charge on any atom is 0.317 e. The second-order valence-corrected chi connectivity index (χ2v) is 6.50. The van der Waals surface area contributed by atoms with Crippen molar-refractivity contribution in [1.82, 2.24) is 15.1 Å². The van der Waals surface area contributed by atoms with Gasteiger partial charge in [0.2, 0.25) is 0 Å². The van der Waals surface area contributed by atoms with Crippen LogP contribution in [0.1, 0.15) is 13.8 Å². The van der Waals surface area contributed by atoms with Crippen LogP contribution in [0.15, 0.2) is 30.3 Å². The lowest BCUT2D eigenvalue weighted by Gasteiger charge is -2.43. The fraction of sp³-hybridized carbons (Fsp3) is 0.588. The van der Waals surface area contributed by atoms with Gasteiger partial charge in [-0.05, 0) is 26.0 Å². The molecule has 0 aromatic heterocycles. The second kappa shape index (κ2) is 6.57. The third kappa shape index (κ3) is 3.35. The first-order valence-electron chi connectivity index (χ1n) is 8.23. The van der Waals surface area contributed by atoms with E-state index in [0.29, 0.717) is 12.1 Å². The van der Waals surface area contributed by atoms with Crippen molar-refractivity contribution in [3.05, 3.63) is 30.3 Å². The molecule has 0 aliphatic carbocycles. The molecular formula is C17H26N4O. The average Bonchev–Trinajstić information content (AvgIpc) is 2.51. The van der Waals surface area contributed by atoms with Gasteiger partial charge in [0, 0.05) is 51.0 Å². The monoisotopic (exact) mass is 302 g/mol. The van der Waals surface area contributed by atoms with Gasteiger partial charge < -0.3 is 15.1 Å². The lowest BCUT2D eigenvalue weighted by molar-refractivity contribution is 0.0906. The van der Waals surface area contributed by atoms with Crippen LogP contribution in [0.25, 0.3) is 0 Å². The largest absolute Gasteiger partial charge is 0.368 e. The number of urea groups is 1. The Balaban J connectivity index is 1.43. The van der Waals surface area contributed by atoms with Gasteiger partial charge in [0.1, 0.15) is 0 Å². The summed E-state index contributed by atoms with van der Waals surface area (Å²) in [6.07, 6.45) is 0. The molecule has 2 amide bonds. The fourth-order valence-electron chi connectivity index (χ4n) is 3.10. The molecule has 5 nitrogen and oxygen atoms in total. The molecule has 0 saturated carbocycles. The Morgan fingerprint density at radius 1 is 1.09 bits per heavy atom. The van der Waals surface area contributed by atoms with Crippen LogP contribution in [0, 0.1) is 0 Å². The first-order valence-corrected chi connectivity index (χ1v) is 8.23. The van der Waals surface area contributed by atoms with Gasteiger partial charge in [-0.1, -0.05) is 18.2 Å². The number of rotatable bonds is 3. The van der Waals surface area contributed by atoms with E-state index >= 15 is 0 Å². The van der Waals surface area contributed by atoms with Crippen molar-refractivity contribution in [2.75, 3.05) is 44.2 Å². The fourth-order valence-corrected chi connectivity index (χ4v) is 3.10. The van der Waals surface area contributed by atoms with E-state index in [2.05, 4.69) is 53.2 Å². The molecule has 2 aliphatic rings. The molecule has 0 bridgehead atoms. The summed E-state index contributed by atoms with van der Waals surface area (Å²) in [5.74, 6) is 0. The zero-order valence-electron chi connectivity index (χ0n) is 13.5. The molecule has 0 spiro atoms. The summed E-state index contributed by atoms with van der Waals surface area (Å²) in [6.45, 7) is 9.74. The number of carbonyl (C=O) groups excluding carboxylic acids is 1. The van der Waals surface area contributed by atoms with Gasteiger partial charge in [0.25, 0.3) is 0 Å². The van der Waals surface area contributed by atoms with Crippen LogP contribution in [0.4, 0.5) is 10.5 Å². The summed E-state index contributed by atoms with van der Waals surface area (Å²) in [6, 6.07) is 11.4. The molecule has 120 valence electrons. The minimum absolute atomic E-state index is 0.0983. The molecule has 2 aliphatic heterocycles. The molecule has 0 atom stereocenters. The van der Waals surface area contributed by atoms with Crippen molar-refractivity contribution < 1.29 is 4.79 Å². The van der Waals surface area contributed by atoms with E-state index in [1.54, 1.807) is 0 Å². The Kier molecular flexibility index (Phi) is 4.52. The number of benzene rings is 1. The zero-order valence-corrected chi connectivity index (χ0v) is 13.5. The predicted octanol–water partition coefficient (Wildman–Crippen LogP) is 1.61. The number of piperazine rings is 1. The second-order valence-electron chi connectivity index (χ2n) is 6.50. The van der Waals surface area contributed by atoms with Crippen molar-refractivity contribution in [2.45, 2.75) is 25.9 Å². The Hall–Kier alpha value is -1.75. The molecule has 1 aromatic carbocycles. The predicted molar refractivity (Wildman–Crippen MR) is 89.3 cm³/mol. The first-order chi connectivity index (χ1) is 10.6. The smallest absolute Gasteiger partial charge is 0.317 e. The maximum absolute atomic E-state index is 12.3. The van der Waals surface area contributed by atoms with Gasteiger partial charge in [0.15, 0.2) is 0 Å². The van der Waals surface area contributed by atoms with Crippen LogP contribution in [0.3, 0.4) is 0 Å². The van der Waals surface area contributed by atoms with Crippen LogP contribution in [0.2, 0.25) is 0 Å². The number of nitrogens with zero attached hydrogens (tertiary/aromatic N) is 3. The van der Waals surface area contributed by atoms with Gasteiger partial charge in [-0.25, -0.2) is 4.79 Å². The van der Waals surface area contributed by atoms with E-state index < -0.39 is 0 Å². The number of carbonyl (C=O) groups is 1. The molecule has 1 aromatic rings. The highest BCUT2D eigenvalue weighted by Gasteiger charge is 2.31. The van der Waals surface area contributed by atoms with Crippen LogP contribution >= 0.6 is 0 Å². The minimum atomic E-state index is 0.0983. The van der Waals surface area contributed by atoms with Crippen molar-refractivity contribution in [3.8, 4) is 0 Å². The van der Waals surface area contributed by atoms with E-state index in [0.717, 1.165) is 39.3 Å². The highest BCUT2D eigenvalue weighted by atomic mass is 16.2. The summed E-state index contributed by atoms with van der Waals surface area (Å²) < 4.78 is 0. The van der Waals surface area contributed by atoms with Gasteiger partial charge in [-0.3, -0.25) is 4.90 Å². The van der Waals surface area contributed by atoms with Crippen molar-refractivity contribution in [2.24, 2.45) is 0 Å². The van der Waals surface area contributed by atoms with Crippen molar-refractivity contribution in [3.63, 3.8) is 0 Å². The molecule has 5 heteroatoms. The summed E-state index contributed by atoms with van der Waals surface area (Å²) >= 11 is 0. The van der Waals surface area contributed by atoms with Crippen LogP contribution in [0.5, 0.6) is 0 Å². The highest BCUT2D eigenvalue weighted by molar-refractivity contribution is 5.75. The van der Waals surface area contributed by atoms with Gasteiger partial charge >= 0.3 is 6.03 Å². The highest BCUT2D eigenvalue weighted by Crippen LogP contribution is 2.16. The molecule has 0 unspecified atom stereocenters. The Labute approximate surface area is 132 Å². The summed E-state index contributed by atoms with van der Waals surface area (Å²) in [4.78, 5) is 19.0. The SMILES string of the molecule is CC(C)N1CC(NC(=O)N2CCN(c3ccccc3)CC2)C1. The topological polar surface area (TPSA) is 38.8 Å². The Morgan fingerprint density at radius 2 is 1.73 bits per heavy atom. The normalized spacial score (nSPS) is 20.1. The van der Waals surface area contributed by atoms with E-state index in [1.165, 1.54) is 5.69 Å². The zero-order chi connectivity index (χ0) is 15.5. The number of likely N-dealkylation sites (tertiary alicyclic amines) is 1. The molecular weight excluding hydrogens is 276 g/mol. The maximum atomic E-state index is 12.3. The summed E-state index contributed by atoms with van der Waals surface area (Å²) in [5, 5.41) is 3.15. The third-order valence-corrected chi connectivity index (χ3v) is 4.66. The first kappa shape index (κ1) is 15.2. The lowest BCUT2D eigenvalue weighted by atomic mass is 10.1. The molecule has 2 heterocycles. The number of hydrogen-bond donors (Lipinski definition) is 1. The van der Waals surface area contributed by atoms with E-state index in [9.17, 15) is 4.79 Å². The third-order valence-electron chi connectivity index (χ3n) is 4.66. The molecule has 0 radical (unpaired) electrons. The van der Waals surface area contributed by atoms with Crippen LogP contribution in [-0.4, -0.2) is 67.2 Å². The van der Waals surface area contributed by atoms with E-state index in [1.807, 2.05) is 11.0 Å². The molecule has 22 heavy (non-hydrogen) atoms. The van der Waals surface area contributed by atoms with Crippen molar-refractivity contribution in [1.29, 1.82) is 0 Å².